The molecule has 1 aromatic carbocycles. The Morgan fingerprint density at radius 1 is 1.16 bits per heavy atom. The highest BCUT2D eigenvalue weighted by atomic mass is 35.5. The highest BCUT2D eigenvalue weighted by Crippen LogP contribution is 2.11. The zero-order valence-corrected chi connectivity index (χ0v) is 15.1. The first-order valence-electron chi connectivity index (χ1n) is 8.18. The molecule has 0 saturated carbocycles. The van der Waals surface area contributed by atoms with Crippen LogP contribution in [0.5, 0.6) is 0 Å². The second kappa shape index (κ2) is 9.18. The number of halogens is 1. The number of nitrogens with zero attached hydrogens (tertiary/aromatic N) is 1. The van der Waals surface area contributed by atoms with Crippen molar-refractivity contribution in [3.63, 3.8) is 0 Å². The summed E-state index contributed by atoms with van der Waals surface area (Å²) in [4.78, 5) is 28.9. The SMILES string of the molecule is CC(C)C[C@H](NC(=O)c1ccc(Cl)cc1)C(=O)NCc1cccnc1. The smallest absolute Gasteiger partial charge is 0.251 e. The molecule has 2 amide bonds. The molecular formula is C19H22ClN3O2. The summed E-state index contributed by atoms with van der Waals surface area (Å²) in [7, 11) is 0. The average Bonchev–Trinajstić information content (AvgIpc) is 2.60. The Labute approximate surface area is 152 Å². The van der Waals surface area contributed by atoms with Gasteiger partial charge in [0.15, 0.2) is 0 Å². The predicted molar refractivity (Wildman–Crippen MR) is 98.2 cm³/mol. The first-order valence-corrected chi connectivity index (χ1v) is 8.56. The monoisotopic (exact) mass is 359 g/mol. The van der Waals surface area contributed by atoms with Crippen LogP contribution in [-0.4, -0.2) is 22.8 Å². The van der Waals surface area contributed by atoms with E-state index in [0.717, 1.165) is 5.56 Å². The Bertz CT molecular complexity index is 702. The van der Waals surface area contributed by atoms with E-state index in [-0.39, 0.29) is 17.7 Å². The lowest BCUT2D eigenvalue weighted by Crippen LogP contribution is -2.47. The van der Waals surface area contributed by atoms with Gasteiger partial charge < -0.3 is 10.6 Å². The van der Waals surface area contributed by atoms with Crippen molar-refractivity contribution in [1.29, 1.82) is 0 Å². The van der Waals surface area contributed by atoms with Crippen molar-refractivity contribution in [3.8, 4) is 0 Å². The summed E-state index contributed by atoms with van der Waals surface area (Å²) in [5.74, 6) is -0.238. The topological polar surface area (TPSA) is 71.1 Å². The molecule has 0 aliphatic heterocycles. The molecule has 5 nitrogen and oxygen atoms in total. The molecule has 0 fully saturated rings. The minimum absolute atomic E-state index is 0.208. The van der Waals surface area contributed by atoms with Gasteiger partial charge in [-0.3, -0.25) is 14.6 Å². The lowest BCUT2D eigenvalue weighted by atomic mass is 10.0. The standard InChI is InChI=1S/C19H22ClN3O2/c1-13(2)10-17(19(25)22-12-14-4-3-9-21-11-14)23-18(24)15-5-7-16(20)8-6-15/h3-9,11,13,17H,10,12H2,1-2H3,(H,22,25)(H,23,24)/t17-/m0/s1. The summed E-state index contributed by atoms with van der Waals surface area (Å²) < 4.78 is 0. The van der Waals surface area contributed by atoms with Crippen LogP contribution in [0.4, 0.5) is 0 Å². The van der Waals surface area contributed by atoms with Gasteiger partial charge in [-0.25, -0.2) is 0 Å². The third-order valence-electron chi connectivity index (χ3n) is 3.62. The van der Waals surface area contributed by atoms with Gasteiger partial charge in [0.2, 0.25) is 5.91 Å². The van der Waals surface area contributed by atoms with Crippen molar-refractivity contribution in [2.45, 2.75) is 32.9 Å². The number of carbonyl (C=O) groups excluding carboxylic acids is 2. The molecule has 0 radical (unpaired) electrons. The summed E-state index contributed by atoms with van der Waals surface area (Å²) in [5.41, 5.74) is 1.38. The number of amides is 2. The van der Waals surface area contributed by atoms with Gasteiger partial charge in [-0.2, -0.15) is 0 Å². The van der Waals surface area contributed by atoms with Crippen molar-refractivity contribution in [2.75, 3.05) is 0 Å². The molecule has 0 saturated heterocycles. The van der Waals surface area contributed by atoms with Gasteiger partial charge in [0, 0.05) is 29.5 Å². The second-order valence-electron chi connectivity index (χ2n) is 6.24. The number of benzene rings is 1. The zero-order chi connectivity index (χ0) is 18.2. The van der Waals surface area contributed by atoms with E-state index in [1.165, 1.54) is 0 Å². The fourth-order valence-electron chi connectivity index (χ4n) is 2.36. The van der Waals surface area contributed by atoms with E-state index in [1.54, 1.807) is 36.7 Å². The second-order valence-corrected chi connectivity index (χ2v) is 6.68. The fourth-order valence-corrected chi connectivity index (χ4v) is 2.49. The first kappa shape index (κ1) is 18.9. The highest BCUT2D eigenvalue weighted by Gasteiger charge is 2.22. The van der Waals surface area contributed by atoms with E-state index in [4.69, 9.17) is 11.6 Å². The largest absolute Gasteiger partial charge is 0.350 e. The Hall–Kier alpha value is -2.40. The van der Waals surface area contributed by atoms with E-state index in [1.807, 2.05) is 26.0 Å². The average molecular weight is 360 g/mol. The Morgan fingerprint density at radius 3 is 2.48 bits per heavy atom. The molecule has 0 aliphatic carbocycles. The van der Waals surface area contributed by atoms with E-state index < -0.39 is 6.04 Å². The molecule has 1 aromatic heterocycles. The number of hydrogen-bond donors (Lipinski definition) is 2. The van der Waals surface area contributed by atoms with Crippen LogP contribution >= 0.6 is 11.6 Å². The van der Waals surface area contributed by atoms with Gasteiger partial charge in [0.25, 0.3) is 5.91 Å². The molecule has 0 bridgehead atoms. The highest BCUT2D eigenvalue weighted by molar-refractivity contribution is 6.30. The number of nitrogens with one attached hydrogen (secondary N) is 2. The Morgan fingerprint density at radius 2 is 1.88 bits per heavy atom. The number of carbonyl (C=O) groups is 2. The maximum Gasteiger partial charge on any atom is 0.251 e. The summed E-state index contributed by atoms with van der Waals surface area (Å²) in [6.45, 7) is 4.39. The maximum absolute atomic E-state index is 12.5. The van der Waals surface area contributed by atoms with E-state index in [2.05, 4.69) is 15.6 Å². The van der Waals surface area contributed by atoms with Gasteiger partial charge in [-0.1, -0.05) is 31.5 Å². The van der Waals surface area contributed by atoms with Crippen molar-refractivity contribution < 1.29 is 9.59 Å². The Balaban J connectivity index is 2.00. The van der Waals surface area contributed by atoms with Crippen LogP contribution in [0, 0.1) is 5.92 Å². The minimum Gasteiger partial charge on any atom is -0.350 e. The number of pyridine rings is 1. The molecule has 1 heterocycles. The molecule has 1 atom stereocenters. The van der Waals surface area contributed by atoms with Gasteiger partial charge in [0.05, 0.1) is 0 Å². The van der Waals surface area contributed by atoms with Gasteiger partial charge in [-0.15, -0.1) is 0 Å². The first-order chi connectivity index (χ1) is 12.0. The van der Waals surface area contributed by atoms with Crippen molar-refractivity contribution >= 4 is 23.4 Å². The van der Waals surface area contributed by atoms with Crippen molar-refractivity contribution in [3.05, 3.63) is 64.9 Å². The zero-order valence-electron chi connectivity index (χ0n) is 14.3. The third-order valence-corrected chi connectivity index (χ3v) is 3.88. The molecule has 2 aromatic rings. The van der Waals surface area contributed by atoms with E-state index >= 15 is 0 Å². The Kier molecular flexibility index (Phi) is 6.95. The van der Waals surface area contributed by atoms with Crippen LogP contribution in [0.15, 0.2) is 48.8 Å². The minimum atomic E-state index is -0.597. The molecule has 2 rings (SSSR count). The van der Waals surface area contributed by atoms with E-state index in [9.17, 15) is 9.59 Å². The van der Waals surface area contributed by atoms with Crippen molar-refractivity contribution in [1.82, 2.24) is 15.6 Å². The summed E-state index contributed by atoms with van der Waals surface area (Å²) in [5, 5.41) is 6.23. The normalized spacial score (nSPS) is 11.8. The van der Waals surface area contributed by atoms with Crippen LogP contribution in [0.2, 0.25) is 5.02 Å². The van der Waals surface area contributed by atoms with Gasteiger partial charge in [-0.05, 0) is 48.2 Å². The fraction of sp³-hybridized carbons (Fsp3) is 0.316. The molecule has 0 unspecified atom stereocenters. The summed E-state index contributed by atoms with van der Waals surface area (Å²) in [6.07, 6.45) is 3.93. The lowest BCUT2D eigenvalue weighted by molar-refractivity contribution is -0.123. The number of hydrogen-bond acceptors (Lipinski definition) is 3. The van der Waals surface area contributed by atoms with Gasteiger partial charge in [0.1, 0.15) is 6.04 Å². The van der Waals surface area contributed by atoms with Crippen LogP contribution in [0.1, 0.15) is 36.2 Å². The van der Waals surface area contributed by atoms with E-state index in [0.29, 0.717) is 23.6 Å². The quantitative estimate of drug-likeness (QED) is 0.797. The molecule has 0 spiro atoms. The lowest BCUT2D eigenvalue weighted by Gasteiger charge is -2.20. The predicted octanol–water partition coefficient (Wildman–Crippen LogP) is 3.20. The van der Waals surface area contributed by atoms with Crippen molar-refractivity contribution in [2.24, 2.45) is 5.92 Å². The molecule has 132 valence electrons. The molecular weight excluding hydrogens is 338 g/mol. The summed E-state index contributed by atoms with van der Waals surface area (Å²) in [6, 6.07) is 9.67. The molecule has 0 aliphatic rings. The maximum atomic E-state index is 12.5. The number of aromatic nitrogens is 1. The molecule has 6 heteroatoms. The third kappa shape index (κ3) is 6.19. The number of rotatable bonds is 7. The van der Waals surface area contributed by atoms with Crippen LogP contribution < -0.4 is 10.6 Å². The van der Waals surface area contributed by atoms with Crippen LogP contribution in [-0.2, 0) is 11.3 Å². The van der Waals surface area contributed by atoms with Crippen LogP contribution in [0.3, 0.4) is 0 Å². The van der Waals surface area contributed by atoms with Gasteiger partial charge >= 0.3 is 0 Å². The molecule has 25 heavy (non-hydrogen) atoms. The summed E-state index contributed by atoms with van der Waals surface area (Å²) >= 11 is 5.84. The molecule has 2 N–H and O–H groups in total. The van der Waals surface area contributed by atoms with Crippen LogP contribution in [0.25, 0.3) is 0 Å².